The third-order valence-corrected chi connectivity index (χ3v) is 21.2. The molecular weight excluding hydrogens is 1360 g/mol. The second-order valence-electron chi connectivity index (χ2n) is 28.5. The smallest absolute Gasteiger partial charge is 0.326 e. The van der Waals surface area contributed by atoms with E-state index in [0.717, 1.165) is 38.5 Å². The van der Waals surface area contributed by atoms with Gasteiger partial charge in [0, 0.05) is 51.6 Å². The Labute approximate surface area is 614 Å². The van der Waals surface area contributed by atoms with Gasteiger partial charge >= 0.3 is 11.9 Å². The molecule has 0 spiro atoms. The summed E-state index contributed by atoms with van der Waals surface area (Å²) in [4.78, 5) is 147. The molecule has 4 fully saturated rings. The number of carbonyl (C=O) groups is 10. The van der Waals surface area contributed by atoms with Crippen molar-refractivity contribution < 1.29 is 67.6 Å². The number of likely N-dealkylation sites (N-methyl/N-ethyl adjacent to an activating group) is 2. The number of hydrogen-bond donors (Lipinski definition) is 10. The molecule has 12 bridgehead atoms. The molecule has 14 rings (SSSR count). The zero-order chi connectivity index (χ0) is 75.0. The summed E-state index contributed by atoms with van der Waals surface area (Å²) >= 11 is 0. The van der Waals surface area contributed by atoms with Crippen molar-refractivity contribution in [2.24, 2.45) is 11.8 Å². The van der Waals surface area contributed by atoms with E-state index in [4.69, 9.17) is 9.47 Å². The standard InChI is InChI=1S/C76H96N16O14/c1-45(77-3)67(93)83-65(51-21-13-7-14-22-51)73(99)89-41-55-37-63(89)71(97)79-59(33-47-17-9-5-10-18-47)69(95)81-61(75(101)102)35-49-27-31-58(32-28-49)106-44-54-40-92(88-86-54)56-38-64(90(42-56)74(100)66(52-23-15-8-16-24-52)84-68(94)46(2)78-4)72(98)80-60(34-48-19-11-6-12-20-48)70(96)82-62(76(103)104)36-50-25-29-57(30-26-50)105-43-53-39-91(55)87-85-53/h5-6,9-12,17-20,25-32,39-40,45-46,51-52,55-56,59-66,77-78H,7-8,13-16,21-24,33-38,41-44H2,1-4H3,(H,79,97)(H,80,98)(H,81,95)(H,82,96)(H,83,93)(H,84,94)(H,101,102)(H,103,104). The van der Waals surface area contributed by atoms with Gasteiger partial charge in [-0.1, -0.05) is 134 Å². The largest absolute Gasteiger partial charge is 0.487 e. The number of likely N-dealkylation sites (tertiary alicyclic amines) is 2. The molecule has 2 aliphatic carbocycles. The number of rotatable bonds is 16. The monoisotopic (exact) mass is 1460 g/mol. The van der Waals surface area contributed by atoms with E-state index in [9.17, 15) is 39.0 Å². The van der Waals surface area contributed by atoms with Gasteiger partial charge in [0.15, 0.2) is 0 Å². The molecule has 10 N–H and O–H groups in total. The Bertz CT molecular complexity index is 3780. The maximum atomic E-state index is 15.3. The van der Waals surface area contributed by atoms with Crippen LogP contribution in [0.3, 0.4) is 0 Å². The predicted octanol–water partition coefficient (Wildman–Crippen LogP) is 3.05. The fraction of sp³-hybridized carbons (Fsp3) is 0.500. The average Bonchev–Trinajstić information content (AvgIpc) is 1.64. The Morgan fingerprint density at radius 1 is 0.500 bits per heavy atom. The number of ether oxygens (including phenoxy) is 2. The number of carbonyl (C=O) groups excluding carboxylic acids is 8. The highest BCUT2D eigenvalue weighted by Gasteiger charge is 2.48. The van der Waals surface area contributed by atoms with Crippen molar-refractivity contribution >= 4 is 59.2 Å². The van der Waals surface area contributed by atoms with Crippen molar-refractivity contribution in [2.45, 2.75) is 202 Å². The molecule has 30 heteroatoms. The Balaban J connectivity index is 0.899. The molecule has 8 heterocycles. The number of carboxylic acids is 2. The molecule has 6 aliphatic heterocycles. The number of carboxylic acid groups (broad SMARTS) is 2. The van der Waals surface area contributed by atoms with Crippen LogP contribution in [0.15, 0.2) is 122 Å². The van der Waals surface area contributed by atoms with Gasteiger partial charge < -0.3 is 72.0 Å². The van der Waals surface area contributed by atoms with E-state index in [0.29, 0.717) is 70.8 Å². The molecule has 2 saturated carbocycles. The van der Waals surface area contributed by atoms with Gasteiger partial charge in [0.25, 0.3) is 0 Å². The van der Waals surface area contributed by atoms with Crippen LogP contribution in [0.25, 0.3) is 0 Å². The third kappa shape index (κ3) is 19.7. The number of aromatic nitrogens is 6. The summed E-state index contributed by atoms with van der Waals surface area (Å²) in [6, 6.07) is 18.2. The molecule has 8 amide bonds. The van der Waals surface area contributed by atoms with Crippen molar-refractivity contribution in [3.63, 3.8) is 0 Å². The minimum absolute atomic E-state index is 0.00110. The summed E-state index contributed by atoms with van der Waals surface area (Å²) < 4.78 is 15.4. The van der Waals surface area contributed by atoms with Crippen LogP contribution < -0.4 is 52.0 Å². The summed E-state index contributed by atoms with van der Waals surface area (Å²) in [5, 5.41) is 62.1. The molecule has 2 saturated heterocycles. The Morgan fingerprint density at radius 2 is 0.868 bits per heavy atom. The van der Waals surface area contributed by atoms with Crippen molar-refractivity contribution in [1.29, 1.82) is 0 Å². The number of aliphatic carboxylic acids is 2. The molecule has 564 valence electrons. The maximum Gasteiger partial charge on any atom is 0.326 e. The van der Waals surface area contributed by atoms with Crippen molar-refractivity contribution in [2.75, 3.05) is 27.2 Å². The van der Waals surface area contributed by atoms with Gasteiger partial charge in [-0.05, 0) is 112 Å². The summed E-state index contributed by atoms with van der Waals surface area (Å²) in [6.07, 6.45) is 10.7. The van der Waals surface area contributed by atoms with E-state index in [2.05, 4.69) is 63.2 Å². The van der Waals surface area contributed by atoms with Crippen LogP contribution in [-0.2, 0) is 86.8 Å². The van der Waals surface area contributed by atoms with Crippen LogP contribution in [0.2, 0.25) is 0 Å². The van der Waals surface area contributed by atoms with Crippen molar-refractivity contribution in [1.82, 2.24) is 82.3 Å². The number of nitrogens with one attached hydrogen (secondary N) is 8. The second-order valence-corrected chi connectivity index (χ2v) is 28.5. The highest BCUT2D eigenvalue weighted by Crippen LogP contribution is 2.35. The molecule has 2 aromatic heterocycles. The lowest BCUT2D eigenvalue weighted by atomic mass is 9.83. The highest BCUT2D eigenvalue weighted by atomic mass is 16.5. The van der Waals surface area contributed by atoms with Gasteiger partial charge in [-0.2, -0.15) is 0 Å². The van der Waals surface area contributed by atoms with E-state index in [1.165, 1.54) is 9.80 Å². The molecule has 4 aromatic carbocycles. The summed E-state index contributed by atoms with van der Waals surface area (Å²) in [5.74, 6) is -7.17. The Morgan fingerprint density at radius 3 is 1.22 bits per heavy atom. The maximum absolute atomic E-state index is 15.3. The van der Waals surface area contributed by atoms with Crippen molar-refractivity contribution in [3.05, 3.63) is 155 Å². The minimum atomic E-state index is -1.48. The van der Waals surface area contributed by atoms with Gasteiger partial charge in [0.2, 0.25) is 47.3 Å². The number of amides is 8. The minimum Gasteiger partial charge on any atom is -0.487 e. The van der Waals surface area contributed by atoms with Gasteiger partial charge in [0.1, 0.15) is 84.4 Å². The molecule has 106 heavy (non-hydrogen) atoms. The number of hydrogen-bond acceptors (Lipinski definition) is 18. The molecular formula is C76H96N16O14. The summed E-state index contributed by atoms with van der Waals surface area (Å²) in [7, 11) is 3.28. The average molecular weight is 1460 g/mol. The lowest BCUT2D eigenvalue weighted by Crippen LogP contribution is -2.60. The van der Waals surface area contributed by atoms with E-state index >= 15 is 19.2 Å². The first kappa shape index (κ1) is 76.5. The van der Waals surface area contributed by atoms with E-state index in [1.807, 2.05) is 0 Å². The van der Waals surface area contributed by atoms with E-state index in [1.54, 1.807) is 159 Å². The zero-order valence-corrected chi connectivity index (χ0v) is 60.1. The fourth-order valence-corrected chi connectivity index (χ4v) is 14.8. The summed E-state index contributed by atoms with van der Waals surface area (Å²) in [5.41, 5.74) is 3.06. The molecule has 8 aliphatic rings. The van der Waals surface area contributed by atoms with Gasteiger partial charge in [-0.3, -0.25) is 38.4 Å². The number of benzene rings is 4. The van der Waals surface area contributed by atoms with Crippen LogP contribution in [-0.4, -0.2) is 197 Å². The second kappa shape index (κ2) is 35.9. The normalized spacial score (nSPS) is 23.7. The fourth-order valence-electron chi connectivity index (χ4n) is 14.8. The van der Waals surface area contributed by atoms with Gasteiger partial charge in [-0.15, -0.1) is 10.2 Å². The first-order valence-corrected chi connectivity index (χ1v) is 36.7. The number of nitrogens with zero attached hydrogens (tertiary/aromatic N) is 8. The first-order chi connectivity index (χ1) is 51.2. The predicted molar refractivity (Wildman–Crippen MR) is 385 cm³/mol. The Kier molecular flexibility index (Phi) is 25.9. The van der Waals surface area contributed by atoms with Crippen LogP contribution >= 0.6 is 0 Å². The van der Waals surface area contributed by atoms with E-state index in [-0.39, 0.29) is 76.7 Å². The highest BCUT2D eigenvalue weighted by molar-refractivity contribution is 5.98. The molecule has 0 radical (unpaired) electrons. The lowest BCUT2D eigenvalue weighted by molar-refractivity contribution is -0.144. The van der Waals surface area contributed by atoms with Crippen LogP contribution in [0.4, 0.5) is 0 Å². The topological polar surface area (TPSA) is 394 Å². The lowest BCUT2D eigenvalue weighted by Gasteiger charge is -2.35. The SMILES string of the molecule is CNC(C)C(=O)NC(C(=O)N1CC2CC1C(=O)NC(Cc1ccccc1)C(=O)NC(C(=O)O)Cc1ccc(cc1)OCc1cn(nn1)C1CC(C(=O)NC(Cc3ccccc3)C(=O)NC(C(=O)O)Cc3ccc(cc3)OCc3cn2nn3)N(C(=O)C(NC(=O)C(C)NC)C2CCCCC2)C1)C1CCCCC1. The van der Waals surface area contributed by atoms with Crippen LogP contribution in [0, 0.1) is 11.8 Å². The van der Waals surface area contributed by atoms with Crippen molar-refractivity contribution in [3.8, 4) is 11.5 Å². The van der Waals surface area contributed by atoms with Gasteiger partial charge in [-0.25, -0.2) is 19.0 Å². The van der Waals surface area contributed by atoms with Crippen LogP contribution in [0.1, 0.15) is 137 Å². The van der Waals surface area contributed by atoms with Gasteiger partial charge in [0.05, 0.1) is 36.6 Å². The first-order valence-electron chi connectivity index (χ1n) is 36.7. The molecule has 6 aromatic rings. The molecule has 12 unspecified atom stereocenters. The summed E-state index contributed by atoms with van der Waals surface area (Å²) in [6.45, 7) is 3.07. The van der Waals surface area contributed by atoms with Crippen LogP contribution in [0.5, 0.6) is 11.5 Å². The quantitative estimate of drug-likeness (QED) is 0.0665. The Hall–Kier alpha value is -10.6. The van der Waals surface area contributed by atoms with E-state index < -0.39 is 132 Å². The molecule has 30 nitrogen and oxygen atoms in total. The third-order valence-electron chi connectivity index (χ3n) is 21.2. The molecule has 12 atom stereocenters. The zero-order valence-electron chi connectivity index (χ0n) is 60.1.